The van der Waals surface area contributed by atoms with Gasteiger partial charge in [0.1, 0.15) is 6.61 Å². The van der Waals surface area contributed by atoms with Crippen LogP contribution in [0, 0.1) is 0 Å². The lowest BCUT2D eigenvalue weighted by atomic mass is 10.5. The molecule has 0 radical (unpaired) electrons. The van der Waals surface area contributed by atoms with Crippen molar-refractivity contribution >= 4 is 7.82 Å². The fourth-order valence-corrected chi connectivity index (χ4v) is 0.396. The van der Waals surface area contributed by atoms with Crippen molar-refractivity contribution in [2.75, 3.05) is 6.61 Å². The molecule has 0 aliphatic heterocycles. The lowest BCUT2D eigenvalue weighted by Gasteiger charge is -2.04. The molecule has 0 saturated heterocycles. The van der Waals surface area contributed by atoms with Crippen molar-refractivity contribution in [2.24, 2.45) is 0 Å². The normalized spacial score (nSPS) is 15.2. The smallest absolute Gasteiger partial charge is 0.391 e. The Labute approximate surface area is 57.6 Å². The van der Waals surface area contributed by atoms with Crippen LogP contribution in [0.2, 0.25) is 0 Å². The van der Waals surface area contributed by atoms with Crippen molar-refractivity contribution in [1.82, 2.24) is 0 Å². The summed E-state index contributed by atoms with van der Waals surface area (Å²) in [5.41, 5.74) is 0. The van der Waals surface area contributed by atoms with E-state index in [4.69, 9.17) is 14.9 Å². The van der Waals surface area contributed by atoms with E-state index in [9.17, 15) is 4.57 Å². The molecular weight excluding hydrogens is 163 g/mol. The van der Waals surface area contributed by atoms with Gasteiger partial charge in [0.25, 0.3) is 0 Å². The maximum Gasteiger partial charge on any atom is 0.496 e. The Morgan fingerprint density at radius 2 is 2.10 bits per heavy atom. The van der Waals surface area contributed by atoms with Gasteiger partial charge in [-0.1, -0.05) is 0 Å². The van der Waals surface area contributed by atoms with Crippen molar-refractivity contribution in [3.63, 3.8) is 0 Å². The fourth-order valence-electron chi connectivity index (χ4n) is 0.198. The largest absolute Gasteiger partial charge is 0.496 e. The summed E-state index contributed by atoms with van der Waals surface area (Å²) < 4.78 is 13.4. The Morgan fingerprint density at radius 3 is 2.40 bits per heavy atom. The predicted molar refractivity (Wildman–Crippen MR) is 30.8 cm³/mol. The SMILES string of the molecule is CC(O)COOP(=O)(O)O. The molecule has 0 aromatic carbocycles. The number of phosphoric acid groups is 1. The Bertz CT molecular complexity index is 127. The maximum atomic E-state index is 9.88. The first-order valence-electron chi connectivity index (χ1n) is 2.46. The zero-order valence-corrected chi connectivity index (χ0v) is 6.19. The van der Waals surface area contributed by atoms with Crippen LogP contribution >= 0.6 is 7.82 Å². The van der Waals surface area contributed by atoms with Crippen LogP contribution < -0.4 is 0 Å². The van der Waals surface area contributed by atoms with Gasteiger partial charge < -0.3 is 14.9 Å². The molecule has 7 heteroatoms. The number of rotatable bonds is 4. The summed E-state index contributed by atoms with van der Waals surface area (Å²) >= 11 is 0. The third-order valence-corrected chi connectivity index (χ3v) is 0.759. The van der Waals surface area contributed by atoms with Crippen LogP contribution in [0.15, 0.2) is 0 Å². The summed E-state index contributed by atoms with van der Waals surface area (Å²) in [6.45, 7) is 1.12. The maximum absolute atomic E-state index is 9.88. The van der Waals surface area contributed by atoms with E-state index in [1.54, 1.807) is 0 Å². The van der Waals surface area contributed by atoms with E-state index in [1.165, 1.54) is 6.92 Å². The minimum atomic E-state index is -4.56. The molecule has 62 valence electrons. The third kappa shape index (κ3) is 8.03. The zero-order valence-electron chi connectivity index (χ0n) is 5.30. The van der Waals surface area contributed by atoms with Gasteiger partial charge in [-0.15, -0.1) is 4.67 Å². The van der Waals surface area contributed by atoms with Gasteiger partial charge >= 0.3 is 7.82 Å². The lowest BCUT2D eigenvalue weighted by molar-refractivity contribution is -0.235. The monoisotopic (exact) mass is 172 g/mol. The molecule has 0 fully saturated rings. The Morgan fingerprint density at radius 1 is 1.60 bits per heavy atom. The van der Waals surface area contributed by atoms with Crippen molar-refractivity contribution in [1.29, 1.82) is 0 Å². The second kappa shape index (κ2) is 4.02. The average Bonchev–Trinajstić information content (AvgIpc) is 1.59. The Hall–Kier alpha value is 0.0300. The standard InChI is InChI=1S/C3H9O6P/c1-3(4)2-8-9-10(5,6)7/h3-4H,2H2,1H3,(H2,5,6,7). The molecule has 0 bridgehead atoms. The van der Waals surface area contributed by atoms with Gasteiger partial charge in [-0.05, 0) is 6.92 Å². The molecule has 1 unspecified atom stereocenters. The van der Waals surface area contributed by atoms with Crippen molar-refractivity contribution < 1.29 is 29.0 Å². The summed E-state index contributed by atoms with van der Waals surface area (Å²) in [6, 6.07) is 0. The van der Waals surface area contributed by atoms with Gasteiger partial charge in [0, 0.05) is 0 Å². The first-order chi connectivity index (χ1) is 4.42. The molecule has 0 amide bonds. The first kappa shape index (κ1) is 10.0. The molecule has 0 heterocycles. The van der Waals surface area contributed by atoms with Crippen molar-refractivity contribution in [3.8, 4) is 0 Å². The lowest BCUT2D eigenvalue weighted by Crippen LogP contribution is -2.09. The van der Waals surface area contributed by atoms with Crippen LogP contribution in [-0.4, -0.2) is 27.6 Å². The summed E-state index contributed by atoms with van der Waals surface area (Å²) in [4.78, 5) is 20.0. The van der Waals surface area contributed by atoms with Crippen LogP contribution in [0.1, 0.15) is 6.92 Å². The van der Waals surface area contributed by atoms with Crippen molar-refractivity contribution in [3.05, 3.63) is 0 Å². The zero-order chi connectivity index (χ0) is 8.20. The molecule has 0 aliphatic rings. The number of hydrogen-bond acceptors (Lipinski definition) is 4. The Balaban J connectivity index is 3.30. The molecule has 0 aromatic rings. The summed E-state index contributed by atoms with van der Waals surface area (Å²) in [7, 11) is -4.56. The molecule has 0 rings (SSSR count). The number of aliphatic hydroxyl groups is 1. The fraction of sp³-hybridized carbons (Fsp3) is 1.00. The second-order valence-corrected chi connectivity index (χ2v) is 2.83. The summed E-state index contributed by atoms with van der Waals surface area (Å²) in [5, 5.41) is 8.49. The topological polar surface area (TPSA) is 96.2 Å². The molecule has 0 aromatic heterocycles. The van der Waals surface area contributed by atoms with Crippen LogP contribution in [0.3, 0.4) is 0 Å². The molecular formula is C3H9O6P. The highest BCUT2D eigenvalue weighted by molar-refractivity contribution is 7.46. The molecule has 6 nitrogen and oxygen atoms in total. The van der Waals surface area contributed by atoms with Gasteiger partial charge in [0.2, 0.25) is 0 Å². The van der Waals surface area contributed by atoms with E-state index in [2.05, 4.69) is 9.56 Å². The Kier molecular flexibility index (Phi) is 4.04. The quantitative estimate of drug-likeness (QED) is 0.298. The molecule has 0 aliphatic carbocycles. The van der Waals surface area contributed by atoms with Crippen molar-refractivity contribution in [2.45, 2.75) is 13.0 Å². The van der Waals surface area contributed by atoms with E-state index in [-0.39, 0.29) is 6.61 Å². The van der Waals surface area contributed by atoms with Crippen LogP contribution in [-0.2, 0) is 14.1 Å². The van der Waals surface area contributed by atoms with E-state index < -0.39 is 13.9 Å². The molecule has 0 spiro atoms. The molecule has 1 atom stereocenters. The second-order valence-electron chi connectivity index (χ2n) is 1.70. The highest BCUT2D eigenvalue weighted by Crippen LogP contribution is 2.35. The van der Waals surface area contributed by atoms with Crippen LogP contribution in [0.5, 0.6) is 0 Å². The van der Waals surface area contributed by atoms with Gasteiger partial charge in [-0.25, -0.2) is 9.45 Å². The van der Waals surface area contributed by atoms with E-state index in [0.717, 1.165) is 0 Å². The minimum Gasteiger partial charge on any atom is -0.391 e. The van der Waals surface area contributed by atoms with Gasteiger partial charge in [0.15, 0.2) is 0 Å². The van der Waals surface area contributed by atoms with E-state index in [1.807, 2.05) is 0 Å². The van der Waals surface area contributed by atoms with Crippen LogP contribution in [0.4, 0.5) is 0 Å². The third-order valence-electron chi connectivity index (χ3n) is 0.459. The molecule has 3 N–H and O–H groups in total. The number of hydrogen-bond donors (Lipinski definition) is 3. The molecule has 0 saturated carbocycles. The minimum absolute atomic E-state index is 0.273. The van der Waals surface area contributed by atoms with Crippen LogP contribution in [0.25, 0.3) is 0 Å². The number of aliphatic hydroxyl groups excluding tert-OH is 1. The summed E-state index contributed by atoms with van der Waals surface area (Å²) in [6.07, 6.45) is -0.813. The predicted octanol–water partition coefficient (Wildman–Crippen LogP) is -0.592. The molecule has 10 heavy (non-hydrogen) atoms. The highest BCUT2D eigenvalue weighted by Gasteiger charge is 2.15. The van der Waals surface area contributed by atoms with E-state index >= 15 is 0 Å². The van der Waals surface area contributed by atoms with Gasteiger partial charge in [-0.2, -0.15) is 0 Å². The van der Waals surface area contributed by atoms with Gasteiger partial charge in [-0.3, -0.25) is 0 Å². The van der Waals surface area contributed by atoms with E-state index in [0.29, 0.717) is 0 Å². The highest BCUT2D eigenvalue weighted by atomic mass is 31.2. The first-order valence-corrected chi connectivity index (χ1v) is 3.99. The van der Waals surface area contributed by atoms with Gasteiger partial charge in [0.05, 0.1) is 6.10 Å². The summed E-state index contributed by atoms with van der Waals surface area (Å²) in [5.74, 6) is 0. The average molecular weight is 172 g/mol.